The summed E-state index contributed by atoms with van der Waals surface area (Å²) >= 11 is 5.97. The van der Waals surface area contributed by atoms with Crippen molar-refractivity contribution < 1.29 is 13.2 Å². The lowest BCUT2D eigenvalue weighted by Gasteiger charge is -2.23. The third-order valence-electron chi connectivity index (χ3n) is 3.31. The summed E-state index contributed by atoms with van der Waals surface area (Å²) in [7, 11) is 1.61. The van der Waals surface area contributed by atoms with Gasteiger partial charge in [-0.3, -0.25) is 4.98 Å². The van der Waals surface area contributed by atoms with Gasteiger partial charge in [0, 0.05) is 23.0 Å². The molecule has 1 unspecified atom stereocenters. The van der Waals surface area contributed by atoms with Crippen LogP contribution in [0, 0.1) is 6.92 Å². The fourth-order valence-corrected chi connectivity index (χ4v) is 2.48. The summed E-state index contributed by atoms with van der Waals surface area (Å²) in [6, 6.07) is 5.52. The maximum absolute atomic E-state index is 13.2. The number of halogens is 4. The second-order valence-corrected chi connectivity index (χ2v) is 5.12. The van der Waals surface area contributed by atoms with Gasteiger partial charge < -0.3 is 5.32 Å². The van der Waals surface area contributed by atoms with Crippen molar-refractivity contribution in [2.75, 3.05) is 7.05 Å². The van der Waals surface area contributed by atoms with Crippen LogP contribution in [0.1, 0.15) is 28.3 Å². The number of alkyl halides is 3. The minimum Gasteiger partial charge on any atom is -0.309 e. The summed E-state index contributed by atoms with van der Waals surface area (Å²) in [6.07, 6.45) is -2.05. The van der Waals surface area contributed by atoms with E-state index in [4.69, 9.17) is 11.6 Å². The number of pyridine rings is 1. The maximum Gasteiger partial charge on any atom is 0.416 e. The van der Waals surface area contributed by atoms with E-state index in [2.05, 4.69) is 10.3 Å². The van der Waals surface area contributed by atoms with Crippen molar-refractivity contribution in [2.45, 2.75) is 19.1 Å². The van der Waals surface area contributed by atoms with E-state index in [0.717, 1.165) is 17.8 Å². The van der Waals surface area contributed by atoms with Crippen molar-refractivity contribution in [3.8, 4) is 0 Å². The Kier molecular flexibility index (Phi) is 4.54. The molecule has 0 saturated heterocycles. The van der Waals surface area contributed by atoms with E-state index >= 15 is 0 Å². The van der Waals surface area contributed by atoms with E-state index in [9.17, 15) is 13.2 Å². The van der Waals surface area contributed by atoms with Crippen LogP contribution in [0.15, 0.2) is 36.7 Å². The summed E-state index contributed by atoms with van der Waals surface area (Å²) in [6.45, 7) is 1.83. The second-order valence-electron chi connectivity index (χ2n) is 4.68. The van der Waals surface area contributed by atoms with E-state index < -0.39 is 17.8 Å². The van der Waals surface area contributed by atoms with Crippen molar-refractivity contribution in [1.29, 1.82) is 0 Å². The number of hydrogen-bond donors (Lipinski definition) is 1. The Morgan fingerprint density at radius 2 is 1.90 bits per heavy atom. The molecule has 0 radical (unpaired) electrons. The Morgan fingerprint density at radius 3 is 2.52 bits per heavy atom. The quantitative estimate of drug-likeness (QED) is 0.910. The Morgan fingerprint density at radius 1 is 1.19 bits per heavy atom. The average molecular weight is 315 g/mol. The second kappa shape index (κ2) is 6.03. The summed E-state index contributed by atoms with van der Waals surface area (Å²) in [4.78, 5) is 3.83. The molecule has 1 atom stereocenters. The molecule has 6 heteroatoms. The largest absolute Gasteiger partial charge is 0.416 e. The highest BCUT2D eigenvalue weighted by molar-refractivity contribution is 6.30. The zero-order valence-corrected chi connectivity index (χ0v) is 12.3. The molecule has 0 saturated carbocycles. The van der Waals surface area contributed by atoms with E-state index in [0.29, 0.717) is 10.6 Å². The number of rotatable bonds is 3. The monoisotopic (exact) mass is 314 g/mol. The standard InChI is InChI=1S/C15H14ClF3N2/c1-9-3-4-10(16)7-11(9)14(20-2)12-8-21-6-5-13(12)15(17,18)19/h3-8,14,20H,1-2H3. The molecule has 2 nitrogen and oxygen atoms in total. The van der Waals surface area contributed by atoms with Gasteiger partial charge in [-0.1, -0.05) is 17.7 Å². The van der Waals surface area contributed by atoms with E-state index in [-0.39, 0.29) is 5.56 Å². The number of aromatic nitrogens is 1. The summed E-state index contributed by atoms with van der Waals surface area (Å²) in [5.74, 6) is 0. The zero-order valence-electron chi connectivity index (χ0n) is 11.5. The lowest BCUT2D eigenvalue weighted by Crippen LogP contribution is -2.23. The van der Waals surface area contributed by atoms with Gasteiger partial charge in [0.1, 0.15) is 0 Å². The zero-order chi connectivity index (χ0) is 15.6. The molecule has 2 aromatic rings. The lowest BCUT2D eigenvalue weighted by molar-refractivity contribution is -0.138. The first kappa shape index (κ1) is 15.8. The molecular formula is C15H14ClF3N2. The van der Waals surface area contributed by atoms with Crippen LogP contribution in [0.25, 0.3) is 0 Å². The Bertz CT molecular complexity index is 641. The van der Waals surface area contributed by atoms with Crippen LogP contribution in [0.2, 0.25) is 5.02 Å². The first-order chi connectivity index (χ1) is 9.84. The van der Waals surface area contributed by atoms with Crippen LogP contribution < -0.4 is 5.32 Å². The third kappa shape index (κ3) is 3.36. The molecule has 112 valence electrons. The Balaban J connectivity index is 2.60. The van der Waals surface area contributed by atoms with Gasteiger partial charge in [0.2, 0.25) is 0 Å². The van der Waals surface area contributed by atoms with Crippen molar-refractivity contribution >= 4 is 11.6 Å². The molecule has 1 aromatic carbocycles. The molecule has 21 heavy (non-hydrogen) atoms. The van der Waals surface area contributed by atoms with E-state index in [1.807, 2.05) is 6.92 Å². The minimum atomic E-state index is -4.43. The van der Waals surface area contributed by atoms with Crippen LogP contribution in [-0.2, 0) is 6.18 Å². The average Bonchev–Trinajstić information content (AvgIpc) is 2.43. The molecule has 0 aliphatic carbocycles. The van der Waals surface area contributed by atoms with Crippen molar-refractivity contribution in [3.63, 3.8) is 0 Å². The van der Waals surface area contributed by atoms with Crippen molar-refractivity contribution in [2.24, 2.45) is 0 Å². The van der Waals surface area contributed by atoms with E-state index in [1.54, 1.807) is 25.2 Å². The molecule has 1 heterocycles. The molecule has 1 N–H and O–H groups in total. The van der Waals surface area contributed by atoms with Gasteiger partial charge in [-0.05, 0) is 43.3 Å². The van der Waals surface area contributed by atoms with Crippen molar-refractivity contribution in [1.82, 2.24) is 10.3 Å². The van der Waals surface area contributed by atoms with Crippen LogP contribution in [-0.4, -0.2) is 12.0 Å². The molecule has 0 bridgehead atoms. The molecule has 0 aliphatic rings. The first-order valence-corrected chi connectivity index (χ1v) is 6.67. The molecule has 2 rings (SSSR count). The number of hydrogen-bond acceptors (Lipinski definition) is 2. The van der Waals surface area contributed by atoms with Gasteiger partial charge in [0.05, 0.1) is 11.6 Å². The van der Waals surface area contributed by atoms with Crippen molar-refractivity contribution in [3.05, 3.63) is 63.9 Å². The highest BCUT2D eigenvalue weighted by Crippen LogP contribution is 2.37. The van der Waals surface area contributed by atoms with Gasteiger partial charge in [-0.2, -0.15) is 13.2 Å². The molecule has 1 aromatic heterocycles. The molecular weight excluding hydrogens is 301 g/mol. The normalized spacial score (nSPS) is 13.2. The first-order valence-electron chi connectivity index (χ1n) is 6.29. The minimum absolute atomic E-state index is 0.0814. The Hall–Kier alpha value is -1.59. The summed E-state index contributed by atoms with van der Waals surface area (Å²) in [5.41, 5.74) is 0.938. The Labute approximate surface area is 126 Å². The number of nitrogens with one attached hydrogen (secondary N) is 1. The van der Waals surface area contributed by atoms with E-state index in [1.165, 1.54) is 6.20 Å². The topological polar surface area (TPSA) is 24.9 Å². The predicted octanol–water partition coefficient (Wildman–Crippen LogP) is 4.37. The van der Waals surface area contributed by atoms with Gasteiger partial charge >= 0.3 is 6.18 Å². The smallest absolute Gasteiger partial charge is 0.309 e. The molecule has 0 amide bonds. The van der Waals surface area contributed by atoms with Crippen LogP contribution in [0.3, 0.4) is 0 Å². The third-order valence-corrected chi connectivity index (χ3v) is 3.54. The maximum atomic E-state index is 13.2. The van der Waals surface area contributed by atoms with Crippen LogP contribution in [0.5, 0.6) is 0 Å². The molecule has 0 fully saturated rings. The number of nitrogens with zero attached hydrogens (tertiary/aromatic N) is 1. The summed E-state index contributed by atoms with van der Waals surface area (Å²) < 4.78 is 39.5. The van der Waals surface area contributed by atoms with Crippen LogP contribution in [0.4, 0.5) is 13.2 Å². The molecule has 0 aliphatic heterocycles. The fourth-order valence-electron chi connectivity index (χ4n) is 2.30. The van der Waals surface area contributed by atoms with Gasteiger partial charge in [-0.15, -0.1) is 0 Å². The lowest BCUT2D eigenvalue weighted by atomic mass is 9.93. The van der Waals surface area contributed by atoms with Crippen LogP contribution >= 0.6 is 11.6 Å². The number of aryl methyl sites for hydroxylation is 1. The highest BCUT2D eigenvalue weighted by atomic mass is 35.5. The predicted molar refractivity (Wildman–Crippen MR) is 76.3 cm³/mol. The number of benzene rings is 1. The summed E-state index contributed by atoms with van der Waals surface area (Å²) in [5, 5.41) is 3.40. The highest BCUT2D eigenvalue weighted by Gasteiger charge is 2.35. The van der Waals surface area contributed by atoms with Gasteiger partial charge in [0.15, 0.2) is 0 Å². The molecule has 0 spiro atoms. The fraction of sp³-hybridized carbons (Fsp3) is 0.267. The van der Waals surface area contributed by atoms with Gasteiger partial charge in [-0.25, -0.2) is 0 Å². The van der Waals surface area contributed by atoms with Gasteiger partial charge in [0.25, 0.3) is 0 Å². The SMILES string of the molecule is CNC(c1cc(Cl)ccc1C)c1cnccc1C(F)(F)F.